The molecule has 31 heavy (non-hydrogen) atoms. The first-order valence-corrected chi connectivity index (χ1v) is 11.6. The van der Waals surface area contributed by atoms with Crippen LogP contribution in [0.2, 0.25) is 5.02 Å². The normalized spacial score (nSPS) is 11.9. The highest BCUT2D eigenvalue weighted by atomic mass is 35.5. The third kappa shape index (κ3) is 4.81. The van der Waals surface area contributed by atoms with Gasteiger partial charge in [-0.3, -0.25) is 9.52 Å². The number of nitrogens with zero attached hydrogens (tertiary/aromatic N) is 1. The average molecular weight is 484 g/mol. The van der Waals surface area contributed by atoms with Gasteiger partial charge in [0.2, 0.25) is 5.78 Å². The molecule has 0 aliphatic carbocycles. The van der Waals surface area contributed by atoms with E-state index in [2.05, 4.69) is 16.5 Å². The third-order valence-corrected chi connectivity index (χ3v) is 6.97. The van der Waals surface area contributed by atoms with Crippen LogP contribution < -0.4 is 4.72 Å². The molecule has 1 aromatic carbocycles. The van der Waals surface area contributed by atoms with E-state index < -0.39 is 38.7 Å². The first-order valence-electron chi connectivity index (χ1n) is 8.84. The molecule has 3 aromatic rings. The van der Waals surface area contributed by atoms with Crippen molar-refractivity contribution in [1.82, 2.24) is 9.97 Å². The van der Waals surface area contributed by atoms with Gasteiger partial charge in [-0.05, 0) is 30.0 Å². The van der Waals surface area contributed by atoms with Gasteiger partial charge in [0.1, 0.15) is 15.7 Å². The van der Waals surface area contributed by atoms with Crippen LogP contribution in [-0.2, 0) is 10.0 Å². The van der Waals surface area contributed by atoms with Crippen molar-refractivity contribution >= 4 is 55.9 Å². The number of thioether (sulfide) groups is 1. The number of hydrogen-bond donors (Lipinski definition) is 2. The Hall–Kier alpha value is -2.69. The van der Waals surface area contributed by atoms with Crippen LogP contribution in [0.5, 0.6) is 0 Å². The van der Waals surface area contributed by atoms with E-state index in [1.165, 1.54) is 23.9 Å². The van der Waals surface area contributed by atoms with Crippen LogP contribution in [0.15, 0.2) is 52.9 Å². The molecule has 0 fully saturated rings. The lowest BCUT2D eigenvalue weighted by molar-refractivity contribution is 0.103. The molecule has 0 bridgehead atoms. The number of carbonyl (C=O) groups excluding carboxylic acids is 1. The summed E-state index contributed by atoms with van der Waals surface area (Å²) < 4.78 is 56.0. The van der Waals surface area contributed by atoms with Crippen molar-refractivity contribution in [1.29, 1.82) is 0 Å². The van der Waals surface area contributed by atoms with Crippen LogP contribution in [0.3, 0.4) is 0 Å². The summed E-state index contributed by atoms with van der Waals surface area (Å²) in [7, 11) is -4.21. The van der Waals surface area contributed by atoms with Gasteiger partial charge in [-0.15, -0.1) is 0 Å². The summed E-state index contributed by atoms with van der Waals surface area (Å²) in [4.78, 5) is 19.7. The Kier molecular flexibility index (Phi) is 6.83. The van der Waals surface area contributed by atoms with E-state index in [0.29, 0.717) is 12.1 Å². The molecule has 2 N–H and O–H groups in total. The van der Waals surface area contributed by atoms with Crippen molar-refractivity contribution in [2.24, 2.45) is 0 Å². The Morgan fingerprint density at radius 2 is 2.13 bits per heavy atom. The highest BCUT2D eigenvalue weighted by molar-refractivity contribution is 8.20. The van der Waals surface area contributed by atoms with Gasteiger partial charge in [0.15, 0.2) is 5.82 Å². The van der Waals surface area contributed by atoms with E-state index in [-0.39, 0.29) is 20.2 Å². The van der Waals surface area contributed by atoms with Crippen molar-refractivity contribution in [3.05, 3.63) is 80.7 Å². The summed E-state index contributed by atoms with van der Waals surface area (Å²) in [6, 6.07) is 3.13. The number of allylic oxidation sites excluding steroid dienone is 1. The molecular weight excluding hydrogens is 468 g/mol. The fraction of sp³-hybridized carbons (Fsp3) is 0.100. The van der Waals surface area contributed by atoms with Crippen LogP contribution in [-0.4, -0.2) is 24.2 Å². The number of sulfonamides is 1. The van der Waals surface area contributed by atoms with Crippen molar-refractivity contribution in [3.63, 3.8) is 0 Å². The molecule has 0 aliphatic heterocycles. The highest BCUT2D eigenvalue weighted by Gasteiger charge is 2.26. The lowest BCUT2D eigenvalue weighted by atomic mass is 10.0. The number of H-pyrrole nitrogens is 1. The summed E-state index contributed by atoms with van der Waals surface area (Å²) in [6.45, 7) is 5.33. The number of benzene rings is 1. The zero-order valence-corrected chi connectivity index (χ0v) is 18.5. The van der Waals surface area contributed by atoms with Crippen LogP contribution in [0.4, 0.5) is 14.5 Å². The lowest BCUT2D eigenvalue weighted by Gasteiger charge is -2.12. The minimum absolute atomic E-state index is 0.0625. The third-order valence-electron chi connectivity index (χ3n) is 4.14. The van der Waals surface area contributed by atoms with Crippen LogP contribution in [0, 0.1) is 11.6 Å². The molecule has 3 rings (SSSR count). The summed E-state index contributed by atoms with van der Waals surface area (Å²) in [6.07, 6.45) is 5.03. The number of anilines is 1. The molecule has 0 saturated heterocycles. The lowest BCUT2D eigenvalue weighted by Crippen LogP contribution is -2.16. The highest BCUT2D eigenvalue weighted by Crippen LogP contribution is 2.30. The maximum Gasteiger partial charge on any atom is 0.267 e. The van der Waals surface area contributed by atoms with Gasteiger partial charge < -0.3 is 4.98 Å². The number of pyridine rings is 1. The molecule has 2 heterocycles. The summed E-state index contributed by atoms with van der Waals surface area (Å²) in [5.41, 5.74) is -1.25. The van der Waals surface area contributed by atoms with E-state index in [1.54, 1.807) is 6.08 Å². The second-order valence-corrected chi connectivity index (χ2v) is 9.64. The molecule has 0 radical (unpaired) electrons. The first kappa shape index (κ1) is 23.0. The Balaban J connectivity index is 1.99. The monoisotopic (exact) mass is 483 g/mol. The average Bonchev–Trinajstić information content (AvgIpc) is 3.13. The molecule has 0 amide bonds. The predicted octanol–water partition coefficient (Wildman–Crippen LogP) is 5.60. The molecular formula is C20H16ClF2N3O3S2. The Labute approximate surface area is 186 Å². The zero-order chi connectivity index (χ0) is 22.8. The number of rotatable bonds is 8. The number of ketones is 1. The van der Waals surface area contributed by atoms with Gasteiger partial charge >= 0.3 is 0 Å². The van der Waals surface area contributed by atoms with E-state index in [0.717, 1.165) is 23.9 Å². The fourth-order valence-corrected chi connectivity index (χ4v) is 4.58. The van der Waals surface area contributed by atoms with Crippen LogP contribution >= 0.6 is 23.4 Å². The molecule has 162 valence electrons. The number of aromatic nitrogens is 2. The van der Waals surface area contributed by atoms with E-state index in [9.17, 15) is 17.6 Å². The molecule has 11 heteroatoms. The zero-order valence-electron chi connectivity index (χ0n) is 16.1. The minimum Gasteiger partial charge on any atom is -0.345 e. The van der Waals surface area contributed by atoms with Gasteiger partial charge in [0, 0.05) is 23.3 Å². The van der Waals surface area contributed by atoms with Crippen molar-refractivity contribution in [3.8, 4) is 0 Å². The standard InChI is InChI=1S/C20H16ClF2N3O3S2/c1-3-4-7-30-11(2)31(28,29)26-16-6-5-15(22)17(18(16)23)19(27)14-10-25-20-13(14)8-12(21)9-24-20/h4-10,26H,2-3H2,1H3,(H,24,25)/b7-4-. The maximum absolute atomic E-state index is 15.1. The van der Waals surface area contributed by atoms with Crippen molar-refractivity contribution in [2.75, 3.05) is 4.72 Å². The van der Waals surface area contributed by atoms with Gasteiger partial charge in [0.25, 0.3) is 10.0 Å². The smallest absolute Gasteiger partial charge is 0.267 e. The second-order valence-electron chi connectivity index (χ2n) is 6.24. The quantitative estimate of drug-likeness (QED) is 0.407. The molecule has 0 saturated carbocycles. The number of halogens is 3. The van der Waals surface area contributed by atoms with Gasteiger partial charge in [0.05, 0.1) is 16.3 Å². The van der Waals surface area contributed by atoms with Crippen molar-refractivity contribution < 1.29 is 22.0 Å². The number of aromatic amines is 1. The van der Waals surface area contributed by atoms with Gasteiger partial charge in [-0.2, -0.15) is 0 Å². The fourth-order valence-electron chi connectivity index (χ4n) is 2.63. The summed E-state index contributed by atoms with van der Waals surface area (Å²) >= 11 is 6.74. The van der Waals surface area contributed by atoms with Gasteiger partial charge in [-0.25, -0.2) is 22.2 Å². The molecule has 0 atom stereocenters. The number of hydrogen-bond acceptors (Lipinski definition) is 5. The first-order chi connectivity index (χ1) is 14.7. The summed E-state index contributed by atoms with van der Waals surface area (Å²) in [5, 5.41) is 2.04. The van der Waals surface area contributed by atoms with E-state index in [1.807, 2.05) is 11.6 Å². The maximum atomic E-state index is 15.1. The topological polar surface area (TPSA) is 91.9 Å². The molecule has 2 aromatic heterocycles. The van der Waals surface area contributed by atoms with Gasteiger partial charge in [-0.1, -0.05) is 42.9 Å². The Morgan fingerprint density at radius 1 is 1.39 bits per heavy atom. The number of fused-ring (bicyclic) bond motifs is 1. The molecule has 6 nitrogen and oxygen atoms in total. The Morgan fingerprint density at radius 3 is 2.84 bits per heavy atom. The number of nitrogens with one attached hydrogen (secondary N) is 2. The van der Waals surface area contributed by atoms with Crippen LogP contribution in [0.1, 0.15) is 29.3 Å². The van der Waals surface area contributed by atoms with E-state index >= 15 is 4.39 Å². The molecule has 0 unspecified atom stereocenters. The minimum atomic E-state index is -4.21. The molecule has 0 aliphatic rings. The molecule has 0 spiro atoms. The van der Waals surface area contributed by atoms with E-state index in [4.69, 9.17) is 11.6 Å². The van der Waals surface area contributed by atoms with Crippen molar-refractivity contribution in [2.45, 2.75) is 13.3 Å². The summed E-state index contributed by atoms with van der Waals surface area (Å²) in [5.74, 6) is -3.49. The predicted molar refractivity (Wildman–Crippen MR) is 120 cm³/mol. The SMILES string of the molecule is C=C(S/C=C\CC)S(=O)(=O)Nc1ccc(F)c(C(=O)c2c[nH]c3ncc(Cl)cc23)c1F. The second kappa shape index (κ2) is 9.21. The Bertz CT molecular complexity index is 1320. The number of carbonyl (C=O) groups is 1. The largest absolute Gasteiger partial charge is 0.345 e. The van der Waals surface area contributed by atoms with Crippen LogP contribution in [0.25, 0.3) is 11.0 Å².